The van der Waals surface area contributed by atoms with E-state index in [4.69, 9.17) is 16.3 Å². The molecule has 126 valence electrons. The number of nitriles is 1. The molecule has 1 N–H and O–H groups in total. The monoisotopic (exact) mass is 372 g/mol. The van der Waals surface area contributed by atoms with Crippen LogP contribution < -0.4 is 5.32 Å². The van der Waals surface area contributed by atoms with Gasteiger partial charge in [-0.25, -0.2) is 14.8 Å². The van der Waals surface area contributed by atoms with Crippen LogP contribution in [0, 0.1) is 18.3 Å². The molecule has 0 atom stereocenters. The van der Waals surface area contributed by atoms with Gasteiger partial charge in [-0.15, -0.1) is 11.3 Å². The number of esters is 1. The number of carbonyl (C=O) groups is 1. The lowest BCUT2D eigenvalue weighted by Gasteiger charge is -2.07. The van der Waals surface area contributed by atoms with Crippen LogP contribution >= 0.6 is 22.9 Å². The van der Waals surface area contributed by atoms with Gasteiger partial charge >= 0.3 is 5.97 Å². The van der Waals surface area contributed by atoms with E-state index in [-0.39, 0.29) is 11.8 Å². The van der Waals surface area contributed by atoms with Crippen LogP contribution in [0.1, 0.15) is 27.7 Å². The topological polar surface area (TPSA) is 87.9 Å². The van der Waals surface area contributed by atoms with E-state index < -0.39 is 5.97 Å². The van der Waals surface area contributed by atoms with Gasteiger partial charge in [0.15, 0.2) is 11.0 Å². The van der Waals surface area contributed by atoms with E-state index >= 15 is 0 Å². The smallest absolute Gasteiger partial charge is 0.348 e. The number of para-hydroxylation sites is 2. The first-order valence-electron chi connectivity index (χ1n) is 7.45. The van der Waals surface area contributed by atoms with Gasteiger partial charge < -0.3 is 10.1 Å². The van der Waals surface area contributed by atoms with Crippen LogP contribution in [0.25, 0.3) is 11.0 Å². The predicted molar refractivity (Wildman–Crippen MR) is 97.6 cm³/mol. The van der Waals surface area contributed by atoms with Crippen molar-refractivity contribution in [3.63, 3.8) is 0 Å². The largest absolute Gasteiger partial charge is 0.462 e. The number of carbonyl (C=O) groups excluding carboxylic acids is 1. The SMILES string of the molecule is CCOC(=O)c1sc(Nc2nc3ccccc3nc2Cl)c(C#N)c1C. The number of aromatic nitrogens is 2. The van der Waals surface area contributed by atoms with Crippen molar-refractivity contribution in [3.05, 3.63) is 45.4 Å². The van der Waals surface area contributed by atoms with Crippen molar-refractivity contribution in [1.82, 2.24) is 9.97 Å². The maximum Gasteiger partial charge on any atom is 0.348 e. The van der Waals surface area contributed by atoms with Gasteiger partial charge in [0.1, 0.15) is 15.9 Å². The van der Waals surface area contributed by atoms with E-state index in [0.29, 0.717) is 37.9 Å². The highest BCUT2D eigenvalue weighted by Crippen LogP contribution is 2.36. The molecule has 2 aromatic heterocycles. The summed E-state index contributed by atoms with van der Waals surface area (Å²) in [6.45, 7) is 3.71. The molecule has 0 unspecified atom stereocenters. The fourth-order valence-corrected chi connectivity index (χ4v) is 3.52. The van der Waals surface area contributed by atoms with Crippen molar-refractivity contribution < 1.29 is 9.53 Å². The number of nitrogens with one attached hydrogen (secondary N) is 1. The van der Waals surface area contributed by atoms with Crippen molar-refractivity contribution in [2.24, 2.45) is 0 Å². The number of ether oxygens (including phenoxy) is 1. The van der Waals surface area contributed by atoms with Crippen molar-refractivity contribution in [2.75, 3.05) is 11.9 Å². The van der Waals surface area contributed by atoms with Crippen LogP contribution in [0.15, 0.2) is 24.3 Å². The maximum atomic E-state index is 12.0. The number of fused-ring (bicyclic) bond motifs is 1. The summed E-state index contributed by atoms with van der Waals surface area (Å²) in [5, 5.41) is 13.1. The third kappa shape index (κ3) is 3.27. The minimum Gasteiger partial charge on any atom is -0.462 e. The zero-order valence-corrected chi connectivity index (χ0v) is 15.0. The van der Waals surface area contributed by atoms with E-state index in [9.17, 15) is 10.1 Å². The molecule has 0 saturated heterocycles. The van der Waals surface area contributed by atoms with Crippen LogP contribution in [-0.2, 0) is 4.74 Å². The number of hydrogen-bond donors (Lipinski definition) is 1. The lowest BCUT2D eigenvalue weighted by Crippen LogP contribution is -2.03. The first kappa shape index (κ1) is 17.1. The average Bonchev–Trinajstić information content (AvgIpc) is 2.91. The third-order valence-corrected chi connectivity index (χ3v) is 4.93. The number of nitrogens with zero attached hydrogens (tertiary/aromatic N) is 3. The number of thiophene rings is 1. The van der Waals surface area contributed by atoms with Gasteiger partial charge in [-0.2, -0.15) is 5.26 Å². The van der Waals surface area contributed by atoms with Crippen LogP contribution in [-0.4, -0.2) is 22.5 Å². The molecule has 2 heterocycles. The van der Waals surface area contributed by atoms with Gasteiger partial charge in [0.25, 0.3) is 0 Å². The van der Waals surface area contributed by atoms with Gasteiger partial charge in [-0.05, 0) is 31.5 Å². The summed E-state index contributed by atoms with van der Waals surface area (Å²) in [6.07, 6.45) is 0. The van der Waals surface area contributed by atoms with Crippen molar-refractivity contribution >= 4 is 50.8 Å². The minimum absolute atomic E-state index is 0.186. The maximum absolute atomic E-state index is 12.0. The van der Waals surface area contributed by atoms with E-state index in [0.717, 1.165) is 11.3 Å². The Hall–Kier alpha value is -2.69. The fraction of sp³-hybridized carbons (Fsp3) is 0.176. The molecule has 0 fully saturated rings. The normalized spacial score (nSPS) is 10.5. The fourth-order valence-electron chi connectivity index (χ4n) is 2.29. The van der Waals surface area contributed by atoms with E-state index in [1.807, 2.05) is 24.3 Å². The quantitative estimate of drug-likeness (QED) is 0.681. The molecular formula is C17H13ClN4O2S. The summed E-state index contributed by atoms with van der Waals surface area (Å²) in [6, 6.07) is 9.44. The van der Waals surface area contributed by atoms with E-state index in [1.54, 1.807) is 13.8 Å². The molecule has 0 spiro atoms. The molecule has 8 heteroatoms. The standard InChI is InChI=1S/C17H13ClN4O2S/c1-3-24-17(23)13-9(2)10(8-19)16(25-13)22-15-14(18)20-11-6-4-5-7-12(11)21-15/h4-7H,3H2,1-2H3,(H,21,22). The molecule has 0 radical (unpaired) electrons. The average molecular weight is 373 g/mol. The Morgan fingerprint density at radius 3 is 2.68 bits per heavy atom. The second-order valence-electron chi connectivity index (χ2n) is 5.07. The van der Waals surface area contributed by atoms with E-state index in [1.165, 1.54) is 0 Å². The van der Waals surface area contributed by atoms with Gasteiger partial charge in [-0.1, -0.05) is 23.7 Å². The molecule has 0 aliphatic heterocycles. The van der Waals surface area contributed by atoms with Crippen molar-refractivity contribution in [3.8, 4) is 6.07 Å². The van der Waals surface area contributed by atoms with Crippen LogP contribution in [0.5, 0.6) is 0 Å². The zero-order chi connectivity index (χ0) is 18.0. The molecule has 0 saturated carbocycles. The molecule has 6 nitrogen and oxygen atoms in total. The highest BCUT2D eigenvalue weighted by atomic mass is 35.5. The Labute approximate surface area is 153 Å². The van der Waals surface area contributed by atoms with Gasteiger partial charge in [-0.3, -0.25) is 0 Å². The second kappa shape index (κ2) is 7.05. The molecule has 0 aliphatic rings. The van der Waals surface area contributed by atoms with Crippen LogP contribution in [0.3, 0.4) is 0 Å². The Morgan fingerprint density at radius 2 is 2.04 bits per heavy atom. The summed E-state index contributed by atoms with van der Waals surface area (Å²) >= 11 is 7.33. The third-order valence-electron chi connectivity index (χ3n) is 3.48. The zero-order valence-electron chi connectivity index (χ0n) is 13.5. The highest BCUT2D eigenvalue weighted by molar-refractivity contribution is 7.18. The number of benzene rings is 1. The van der Waals surface area contributed by atoms with E-state index in [2.05, 4.69) is 21.4 Å². The predicted octanol–water partition coefficient (Wildman–Crippen LogP) is 4.45. The first-order valence-corrected chi connectivity index (χ1v) is 8.64. The molecule has 3 rings (SSSR count). The molecular weight excluding hydrogens is 360 g/mol. The summed E-state index contributed by atoms with van der Waals surface area (Å²) in [7, 11) is 0. The minimum atomic E-state index is -0.453. The van der Waals surface area contributed by atoms with Gasteiger partial charge in [0, 0.05) is 0 Å². The Kier molecular flexibility index (Phi) is 4.83. The molecule has 25 heavy (non-hydrogen) atoms. The molecule has 1 aromatic carbocycles. The molecule has 0 aliphatic carbocycles. The Morgan fingerprint density at radius 1 is 1.36 bits per heavy atom. The molecule has 0 amide bonds. The summed E-state index contributed by atoms with van der Waals surface area (Å²) in [5.74, 6) is -0.126. The lowest BCUT2D eigenvalue weighted by molar-refractivity contribution is 0.0531. The number of hydrogen-bond acceptors (Lipinski definition) is 7. The lowest BCUT2D eigenvalue weighted by atomic mass is 10.2. The molecule has 3 aromatic rings. The first-order chi connectivity index (χ1) is 12.0. The summed E-state index contributed by atoms with van der Waals surface area (Å²) in [4.78, 5) is 21.2. The van der Waals surface area contributed by atoms with Crippen molar-refractivity contribution in [2.45, 2.75) is 13.8 Å². The number of anilines is 2. The summed E-state index contributed by atoms with van der Waals surface area (Å²) in [5.41, 5.74) is 2.28. The number of halogens is 1. The highest BCUT2D eigenvalue weighted by Gasteiger charge is 2.22. The van der Waals surface area contributed by atoms with Gasteiger partial charge in [0.2, 0.25) is 0 Å². The van der Waals surface area contributed by atoms with Gasteiger partial charge in [0.05, 0.1) is 23.2 Å². The Balaban J connectivity index is 2.03. The molecule has 0 bridgehead atoms. The summed E-state index contributed by atoms with van der Waals surface area (Å²) < 4.78 is 5.03. The van der Waals surface area contributed by atoms with Crippen LogP contribution in [0.2, 0.25) is 5.15 Å². The van der Waals surface area contributed by atoms with Crippen molar-refractivity contribution in [1.29, 1.82) is 5.26 Å². The van der Waals surface area contributed by atoms with Crippen LogP contribution in [0.4, 0.5) is 10.8 Å². The number of rotatable bonds is 4. The Bertz CT molecular complexity index is 1010. The second-order valence-corrected chi connectivity index (χ2v) is 6.45.